The molecule has 0 radical (unpaired) electrons. The molecule has 0 amide bonds. The Morgan fingerprint density at radius 2 is 1.83 bits per heavy atom. The first kappa shape index (κ1) is 18.5. The maximum Gasteiger partial charge on any atom is 0.211 e. The van der Waals surface area contributed by atoms with Gasteiger partial charge >= 0.3 is 0 Å². The van der Waals surface area contributed by atoms with Gasteiger partial charge in [0.1, 0.15) is 0 Å². The molecule has 134 valence electrons. The maximum absolute atomic E-state index is 12.0. The van der Waals surface area contributed by atoms with Gasteiger partial charge < -0.3 is 19.4 Å². The summed E-state index contributed by atoms with van der Waals surface area (Å²) in [6.07, 6.45) is 1.16. The SMILES string of the molecule is CCOc1cc2c(cc1OCC)C(CC(=O)[O-])N(S(C)(=O)=O)CC2. The largest absolute Gasteiger partial charge is 0.550 e. The molecule has 8 heteroatoms. The molecule has 1 atom stereocenters. The molecule has 0 N–H and O–H groups in total. The Hall–Kier alpha value is -1.80. The Balaban J connectivity index is 2.55. The number of ether oxygens (including phenoxy) is 2. The monoisotopic (exact) mass is 356 g/mol. The fraction of sp³-hybridized carbons (Fsp3) is 0.562. The zero-order valence-electron chi connectivity index (χ0n) is 14.1. The zero-order chi connectivity index (χ0) is 17.9. The van der Waals surface area contributed by atoms with Crippen LogP contribution in [0.4, 0.5) is 0 Å². The lowest BCUT2D eigenvalue weighted by Gasteiger charge is -2.36. The maximum atomic E-state index is 12.0. The second kappa shape index (κ2) is 7.40. The Morgan fingerprint density at radius 1 is 1.25 bits per heavy atom. The fourth-order valence-corrected chi connectivity index (χ4v) is 4.06. The molecule has 0 bridgehead atoms. The second-order valence-electron chi connectivity index (χ2n) is 5.58. The van der Waals surface area contributed by atoms with Crippen molar-refractivity contribution in [2.75, 3.05) is 26.0 Å². The average Bonchev–Trinajstić information content (AvgIpc) is 2.47. The van der Waals surface area contributed by atoms with Gasteiger partial charge in [-0.1, -0.05) is 0 Å². The molecule has 1 heterocycles. The van der Waals surface area contributed by atoms with Crippen molar-refractivity contribution in [3.05, 3.63) is 23.3 Å². The van der Waals surface area contributed by atoms with E-state index in [1.54, 1.807) is 6.07 Å². The van der Waals surface area contributed by atoms with E-state index in [2.05, 4.69) is 0 Å². The summed E-state index contributed by atoms with van der Waals surface area (Å²) in [5.41, 5.74) is 1.50. The van der Waals surface area contributed by atoms with Gasteiger partial charge in [-0.3, -0.25) is 0 Å². The van der Waals surface area contributed by atoms with Crippen LogP contribution >= 0.6 is 0 Å². The van der Waals surface area contributed by atoms with Crippen molar-refractivity contribution in [2.24, 2.45) is 0 Å². The number of hydrogen-bond acceptors (Lipinski definition) is 6. The second-order valence-corrected chi connectivity index (χ2v) is 7.51. The van der Waals surface area contributed by atoms with Gasteiger partial charge in [0.25, 0.3) is 0 Å². The van der Waals surface area contributed by atoms with E-state index in [4.69, 9.17) is 9.47 Å². The Kier molecular flexibility index (Phi) is 5.71. The number of nitrogens with zero attached hydrogens (tertiary/aromatic N) is 1. The van der Waals surface area contributed by atoms with Gasteiger partial charge in [0.05, 0.1) is 25.5 Å². The number of hydrogen-bond donors (Lipinski definition) is 0. The third-order valence-electron chi connectivity index (χ3n) is 3.90. The number of sulfonamides is 1. The van der Waals surface area contributed by atoms with Gasteiger partial charge in [0.15, 0.2) is 11.5 Å². The van der Waals surface area contributed by atoms with Crippen LogP contribution in [0.1, 0.15) is 37.4 Å². The number of fused-ring (bicyclic) bond motifs is 1. The highest BCUT2D eigenvalue weighted by molar-refractivity contribution is 7.88. The van der Waals surface area contributed by atoms with Gasteiger partial charge in [-0.2, -0.15) is 4.31 Å². The molecule has 1 aliphatic heterocycles. The van der Waals surface area contributed by atoms with Gasteiger partial charge in [-0.25, -0.2) is 8.42 Å². The normalized spacial score (nSPS) is 18.0. The number of aliphatic carboxylic acids is 1. The number of carbonyl (C=O) groups excluding carboxylic acids is 1. The minimum absolute atomic E-state index is 0.226. The summed E-state index contributed by atoms with van der Waals surface area (Å²) in [7, 11) is -3.54. The molecular weight excluding hydrogens is 334 g/mol. The minimum Gasteiger partial charge on any atom is -0.550 e. The molecule has 0 aliphatic carbocycles. The van der Waals surface area contributed by atoms with Crippen LogP contribution < -0.4 is 14.6 Å². The standard InChI is InChI=1S/C16H23NO6S/c1-4-22-14-8-11-6-7-17(24(3,20)21)13(10-16(18)19)12(11)9-15(14)23-5-2/h8-9,13H,4-7,10H2,1-3H3,(H,18,19)/p-1. The van der Waals surface area contributed by atoms with E-state index >= 15 is 0 Å². The van der Waals surface area contributed by atoms with Crippen molar-refractivity contribution in [1.82, 2.24) is 4.31 Å². The number of carboxylic acids is 1. The molecule has 0 aromatic heterocycles. The van der Waals surface area contributed by atoms with E-state index < -0.39 is 28.5 Å². The lowest BCUT2D eigenvalue weighted by molar-refractivity contribution is -0.306. The summed E-state index contributed by atoms with van der Waals surface area (Å²) in [6, 6.07) is 2.70. The molecular formula is C16H22NO6S-. The molecule has 0 spiro atoms. The summed E-state index contributed by atoms with van der Waals surface area (Å²) >= 11 is 0. The van der Waals surface area contributed by atoms with Crippen LogP contribution in [0, 0.1) is 0 Å². The highest BCUT2D eigenvalue weighted by atomic mass is 32.2. The molecule has 24 heavy (non-hydrogen) atoms. The lowest BCUT2D eigenvalue weighted by Crippen LogP contribution is -2.42. The number of carbonyl (C=O) groups is 1. The van der Waals surface area contributed by atoms with Crippen LogP contribution in [0.15, 0.2) is 12.1 Å². The molecule has 1 aliphatic rings. The summed E-state index contributed by atoms with van der Waals surface area (Å²) in [5, 5.41) is 11.1. The van der Waals surface area contributed by atoms with Crippen molar-refractivity contribution >= 4 is 16.0 Å². The van der Waals surface area contributed by atoms with Crippen LogP contribution in [-0.2, 0) is 21.2 Å². The first-order chi connectivity index (χ1) is 11.3. The van der Waals surface area contributed by atoms with Gasteiger partial charge in [-0.15, -0.1) is 0 Å². The predicted octanol–water partition coefficient (Wildman–Crippen LogP) is 0.483. The fourth-order valence-electron chi connectivity index (χ4n) is 2.99. The Morgan fingerprint density at radius 3 is 2.33 bits per heavy atom. The van der Waals surface area contributed by atoms with Gasteiger partial charge in [-0.05, 0) is 43.5 Å². The van der Waals surface area contributed by atoms with E-state index in [0.29, 0.717) is 36.7 Å². The topological polar surface area (TPSA) is 96.0 Å². The molecule has 1 aromatic rings. The van der Waals surface area contributed by atoms with Crippen molar-refractivity contribution < 1.29 is 27.8 Å². The number of carboxylic acid groups (broad SMARTS) is 1. The van der Waals surface area contributed by atoms with Gasteiger partial charge in [0, 0.05) is 18.9 Å². The molecule has 0 saturated heterocycles. The quantitative estimate of drug-likeness (QED) is 0.705. The van der Waals surface area contributed by atoms with E-state index in [9.17, 15) is 18.3 Å². The first-order valence-electron chi connectivity index (χ1n) is 7.87. The molecule has 0 saturated carbocycles. The smallest absolute Gasteiger partial charge is 0.211 e. The average molecular weight is 356 g/mol. The zero-order valence-corrected chi connectivity index (χ0v) is 14.9. The summed E-state index contributed by atoms with van der Waals surface area (Å²) in [6.45, 7) is 4.80. The van der Waals surface area contributed by atoms with Crippen LogP contribution in [0.3, 0.4) is 0 Å². The van der Waals surface area contributed by atoms with Crippen LogP contribution in [0.5, 0.6) is 11.5 Å². The van der Waals surface area contributed by atoms with E-state index in [0.717, 1.165) is 11.8 Å². The molecule has 0 fully saturated rings. The van der Waals surface area contributed by atoms with Gasteiger partial charge in [0.2, 0.25) is 10.0 Å². The van der Waals surface area contributed by atoms with E-state index in [-0.39, 0.29) is 6.54 Å². The van der Waals surface area contributed by atoms with Crippen molar-refractivity contribution in [2.45, 2.75) is 32.7 Å². The molecule has 1 unspecified atom stereocenters. The number of benzene rings is 1. The summed E-state index contributed by atoms with van der Waals surface area (Å²) in [4.78, 5) is 11.1. The molecule has 7 nitrogen and oxygen atoms in total. The third-order valence-corrected chi connectivity index (χ3v) is 5.19. The van der Waals surface area contributed by atoms with Crippen LogP contribution in [0.2, 0.25) is 0 Å². The van der Waals surface area contributed by atoms with Crippen LogP contribution in [0.25, 0.3) is 0 Å². The van der Waals surface area contributed by atoms with E-state index in [1.165, 1.54) is 4.31 Å². The first-order valence-corrected chi connectivity index (χ1v) is 9.71. The highest BCUT2D eigenvalue weighted by Crippen LogP contribution is 2.40. The summed E-state index contributed by atoms with van der Waals surface area (Å²) < 4.78 is 36.4. The third kappa shape index (κ3) is 3.99. The lowest BCUT2D eigenvalue weighted by atomic mass is 9.91. The Bertz CT molecular complexity index is 716. The van der Waals surface area contributed by atoms with Crippen molar-refractivity contribution in [3.63, 3.8) is 0 Å². The van der Waals surface area contributed by atoms with Crippen LogP contribution in [-0.4, -0.2) is 44.7 Å². The predicted molar refractivity (Wildman–Crippen MR) is 86.4 cm³/mol. The highest BCUT2D eigenvalue weighted by Gasteiger charge is 2.34. The van der Waals surface area contributed by atoms with E-state index in [1.807, 2.05) is 19.9 Å². The van der Waals surface area contributed by atoms with Crippen molar-refractivity contribution in [1.29, 1.82) is 0 Å². The molecule has 2 rings (SSSR count). The molecule has 1 aromatic carbocycles. The minimum atomic E-state index is -3.54. The Labute approximate surface area is 142 Å². The number of rotatable bonds is 7. The van der Waals surface area contributed by atoms with Crippen molar-refractivity contribution in [3.8, 4) is 11.5 Å². The summed E-state index contributed by atoms with van der Waals surface area (Å²) in [5.74, 6) is -0.233.